The lowest BCUT2D eigenvalue weighted by molar-refractivity contribution is -0.384. The Morgan fingerprint density at radius 1 is 1.33 bits per heavy atom. The minimum atomic E-state index is -0.460. The summed E-state index contributed by atoms with van der Waals surface area (Å²) >= 11 is 9.34. The fraction of sp³-hybridized carbons (Fsp3) is 0.0714. The molecule has 106 valence electrons. The summed E-state index contributed by atoms with van der Waals surface area (Å²) < 4.78 is 6.17. The van der Waals surface area contributed by atoms with Gasteiger partial charge in [0.05, 0.1) is 26.1 Å². The van der Waals surface area contributed by atoms with Gasteiger partial charge in [-0.3, -0.25) is 10.1 Å². The van der Waals surface area contributed by atoms with Gasteiger partial charge >= 0.3 is 0 Å². The Morgan fingerprint density at radius 3 is 2.52 bits per heavy atom. The van der Waals surface area contributed by atoms with Crippen molar-refractivity contribution in [1.29, 1.82) is 5.26 Å². The summed E-state index contributed by atoms with van der Waals surface area (Å²) in [4.78, 5) is 10.1. The normalized spacial score (nSPS) is 9.95. The van der Waals surface area contributed by atoms with E-state index in [4.69, 9.17) is 21.6 Å². The van der Waals surface area contributed by atoms with Crippen LogP contribution < -0.4 is 4.74 Å². The number of non-ortho nitro benzene ring substituents is 1. The molecule has 0 aromatic heterocycles. The maximum atomic E-state index is 10.6. The fourth-order valence-electron chi connectivity index (χ4n) is 1.63. The molecule has 0 atom stereocenters. The molecule has 0 aliphatic carbocycles. The van der Waals surface area contributed by atoms with E-state index in [0.717, 1.165) is 5.56 Å². The molecule has 2 aromatic carbocycles. The van der Waals surface area contributed by atoms with Gasteiger partial charge in [-0.25, -0.2) is 0 Å². The molecule has 0 radical (unpaired) electrons. The number of hydrogen-bond acceptors (Lipinski definition) is 4. The Morgan fingerprint density at radius 2 is 2.00 bits per heavy atom. The first-order valence-corrected chi connectivity index (χ1v) is 6.93. The van der Waals surface area contributed by atoms with E-state index < -0.39 is 4.92 Å². The van der Waals surface area contributed by atoms with Gasteiger partial charge in [0.1, 0.15) is 6.61 Å². The molecule has 21 heavy (non-hydrogen) atoms. The number of nitrogens with zero attached hydrogens (tertiary/aromatic N) is 2. The summed E-state index contributed by atoms with van der Waals surface area (Å²) in [6.07, 6.45) is 0. The maximum absolute atomic E-state index is 10.6. The lowest BCUT2D eigenvalue weighted by Crippen LogP contribution is -1.97. The van der Waals surface area contributed by atoms with Gasteiger partial charge in [0.25, 0.3) is 5.69 Å². The first kappa shape index (κ1) is 15.3. The van der Waals surface area contributed by atoms with Gasteiger partial charge < -0.3 is 4.74 Å². The topological polar surface area (TPSA) is 76.2 Å². The van der Waals surface area contributed by atoms with Crippen LogP contribution in [0.15, 0.2) is 40.9 Å². The smallest absolute Gasteiger partial charge is 0.269 e. The summed E-state index contributed by atoms with van der Waals surface area (Å²) in [5.41, 5.74) is 1.22. The highest BCUT2D eigenvalue weighted by atomic mass is 79.9. The van der Waals surface area contributed by atoms with E-state index in [0.29, 0.717) is 20.8 Å². The van der Waals surface area contributed by atoms with Crippen LogP contribution in [0.1, 0.15) is 11.1 Å². The number of nitro groups is 1. The molecule has 0 saturated heterocycles. The number of ether oxygens (including phenoxy) is 1. The van der Waals surface area contributed by atoms with Gasteiger partial charge in [-0.15, -0.1) is 0 Å². The number of nitriles is 1. The van der Waals surface area contributed by atoms with E-state index in [1.165, 1.54) is 18.2 Å². The standard InChI is InChI=1S/C14H8BrClN2O3/c15-12-5-10(7-17)6-13(16)14(12)21-8-9-1-3-11(4-2-9)18(19)20/h1-6H,8H2. The predicted molar refractivity (Wildman–Crippen MR) is 81.3 cm³/mol. The minimum absolute atomic E-state index is 0.0244. The van der Waals surface area contributed by atoms with Crippen molar-refractivity contribution in [2.24, 2.45) is 0 Å². The number of rotatable bonds is 4. The van der Waals surface area contributed by atoms with Crippen molar-refractivity contribution >= 4 is 33.2 Å². The Bertz CT molecular complexity index is 703. The first-order chi connectivity index (χ1) is 10.0. The van der Waals surface area contributed by atoms with Gasteiger partial charge in [-0.05, 0) is 45.8 Å². The van der Waals surface area contributed by atoms with Crippen LogP contribution >= 0.6 is 27.5 Å². The van der Waals surface area contributed by atoms with Crippen LogP contribution in [0.25, 0.3) is 0 Å². The Hall–Kier alpha value is -2.10. The second-order valence-electron chi connectivity index (χ2n) is 4.09. The molecule has 0 N–H and O–H groups in total. The summed E-state index contributed by atoms with van der Waals surface area (Å²) in [5, 5.41) is 19.7. The number of benzene rings is 2. The zero-order valence-corrected chi connectivity index (χ0v) is 12.9. The van der Waals surface area contributed by atoms with E-state index in [2.05, 4.69) is 15.9 Å². The molecule has 0 saturated carbocycles. The molecule has 0 unspecified atom stereocenters. The zero-order valence-electron chi connectivity index (χ0n) is 10.5. The molecule has 0 bridgehead atoms. The highest BCUT2D eigenvalue weighted by Gasteiger charge is 2.10. The van der Waals surface area contributed by atoms with Gasteiger partial charge in [-0.2, -0.15) is 5.26 Å². The van der Waals surface area contributed by atoms with E-state index >= 15 is 0 Å². The number of halogens is 2. The van der Waals surface area contributed by atoms with E-state index in [1.54, 1.807) is 18.2 Å². The van der Waals surface area contributed by atoms with Crippen molar-refractivity contribution < 1.29 is 9.66 Å². The molecule has 0 spiro atoms. The van der Waals surface area contributed by atoms with E-state index in [1.807, 2.05) is 6.07 Å². The van der Waals surface area contributed by atoms with Crippen molar-refractivity contribution in [3.8, 4) is 11.8 Å². The molecule has 0 fully saturated rings. The largest absolute Gasteiger partial charge is 0.486 e. The highest BCUT2D eigenvalue weighted by molar-refractivity contribution is 9.10. The fourth-order valence-corrected chi connectivity index (χ4v) is 2.59. The van der Waals surface area contributed by atoms with Crippen molar-refractivity contribution in [3.05, 3.63) is 67.1 Å². The Labute approximate surface area is 134 Å². The first-order valence-electron chi connectivity index (χ1n) is 5.76. The second kappa shape index (κ2) is 6.57. The average molecular weight is 368 g/mol. The number of hydrogen-bond donors (Lipinski definition) is 0. The van der Waals surface area contributed by atoms with Crippen molar-refractivity contribution in [1.82, 2.24) is 0 Å². The van der Waals surface area contributed by atoms with E-state index in [9.17, 15) is 10.1 Å². The molecule has 0 aliphatic heterocycles. The third-order valence-electron chi connectivity index (χ3n) is 2.66. The molecule has 2 rings (SSSR count). The van der Waals surface area contributed by atoms with Crippen LogP contribution in [0.2, 0.25) is 5.02 Å². The third-order valence-corrected chi connectivity index (χ3v) is 3.53. The van der Waals surface area contributed by atoms with Crippen molar-refractivity contribution in [2.75, 3.05) is 0 Å². The Balaban J connectivity index is 2.13. The quantitative estimate of drug-likeness (QED) is 0.590. The van der Waals surface area contributed by atoms with Crippen LogP contribution in [-0.4, -0.2) is 4.92 Å². The Kier molecular flexibility index (Phi) is 4.78. The van der Waals surface area contributed by atoms with Gasteiger partial charge in [0.15, 0.2) is 5.75 Å². The molecule has 0 heterocycles. The summed E-state index contributed by atoms with van der Waals surface area (Å²) in [6, 6.07) is 11.2. The summed E-state index contributed by atoms with van der Waals surface area (Å²) in [5.74, 6) is 0.425. The van der Waals surface area contributed by atoms with Gasteiger partial charge in [-0.1, -0.05) is 11.6 Å². The molecule has 7 heteroatoms. The number of nitro benzene ring substituents is 1. The third kappa shape index (κ3) is 3.72. The monoisotopic (exact) mass is 366 g/mol. The van der Waals surface area contributed by atoms with E-state index in [-0.39, 0.29) is 12.3 Å². The van der Waals surface area contributed by atoms with Crippen LogP contribution in [0.3, 0.4) is 0 Å². The van der Waals surface area contributed by atoms with Gasteiger partial charge in [0, 0.05) is 12.1 Å². The van der Waals surface area contributed by atoms with Gasteiger partial charge in [0.2, 0.25) is 0 Å². The van der Waals surface area contributed by atoms with Crippen molar-refractivity contribution in [3.63, 3.8) is 0 Å². The summed E-state index contributed by atoms with van der Waals surface area (Å²) in [7, 11) is 0. The minimum Gasteiger partial charge on any atom is -0.486 e. The lowest BCUT2D eigenvalue weighted by atomic mass is 10.2. The zero-order chi connectivity index (χ0) is 15.4. The highest BCUT2D eigenvalue weighted by Crippen LogP contribution is 2.34. The molecule has 0 aliphatic rings. The van der Waals surface area contributed by atoms with Crippen LogP contribution in [0, 0.1) is 21.4 Å². The van der Waals surface area contributed by atoms with Crippen LogP contribution in [0.5, 0.6) is 5.75 Å². The van der Waals surface area contributed by atoms with Crippen LogP contribution in [0.4, 0.5) is 5.69 Å². The molecular formula is C14H8BrClN2O3. The molecule has 2 aromatic rings. The maximum Gasteiger partial charge on any atom is 0.269 e. The second-order valence-corrected chi connectivity index (χ2v) is 5.35. The van der Waals surface area contributed by atoms with Crippen LogP contribution in [-0.2, 0) is 6.61 Å². The average Bonchev–Trinajstić information content (AvgIpc) is 2.46. The SMILES string of the molecule is N#Cc1cc(Cl)c(OCc2ccc([N+](=O)[O-])cc2)c(Br)c1. The lowest BCUT2D eigenvalue weighted by Gasteiger charge is -2.10. The van der Waals surface area contributed by atoms with Crippen molar-refractivity contribution in [2.45, 2.75) is 6.61 Å². The predicted octanol–water partition coefficient (Wildman–Crippen LogP) is 4.46. The molecular weight excluding hydrogens is 360 g/mol. The molecule has 5 nitrogen and oxygen atoms in total. The molecule has 0 amide bonds. The summed E-state index contributed by atoms with van der Waals surface area (Å²) in [6.45, 7) is 0.211.